The minimum absolute atomic E-state index is 0.387. The maximum Gasteiger partial charge on any atom is 0.131 e. The number of halogens is 1. The highest BCUT2D eigenvalue weighted by Gasteiger charge is 2.11. The van der Waals surface area contributed by atoms with Crippen molar-refractivity contribution in [2.75, 3.05) is 0 Å². The van der Waals surface area contributed by atoms with E-state index in [4.69, 9.17) is 0 Å². The third-order valence-electron chi connectivity index (χ3n) is 2.85. The Labute approximate surface area is 117 Å². The molecular formula is C13H23BrN2S. The third-order valence-corrected chi connectivity index (χ3v) is 5.33. The maximum atomic E-state index is 4.26. The molecule has 1 heterocycles. The van der Waals surface area contributed by atoms with Gasteiger partial charge in [-0.3, -0.25) is 0 Å². The molecule has 4 heteroatoms. The molecular weight excluding hydrogens is 296 g/mol. The summed E-state index contributed by atoms with van der Waals surface area (Å²) in [5.41, 5.74) is 0. The average Bonchev–Trinajstić information content (AvgIpc) is 2.81. The Morgan fingerprint density at radius 1 is 1.06 bits per heavy atom. The summed E-state index contributed by atoms with van der Waals surface area (Å²) >= 11 is 5.38. The molecule has 0 fully saturated rings. The van der Waals surface area contributed by atoms with Gasteiger partial charge in [-0.25, -0.2) is 0 Å². The topological polar surface area (TPSA) is 25.8 Å². The lowest BCUT2D eigenvalue weighted by Crippen LogP contribution is -1.86. The van der Waals surface area contributed by atoms with Crippen molar-refractivity contribution in [3.05, 3.63) is 10.0 Å². The first-order valence-electron chi connectivity index (χ1n) is 6.74. The van der Waals surface area contributed by atoms with E-state index in [1.54, 1.807) is 11.3 Å². The quantitative estimate of drug-likeness (QED) is 0.457. The van der Waals surface area contributed by atoms with E-state index < -0.39 is 0 Å². The minimum Gasteiger partial charge on any atom is -0.144 e. The van der Waals surface area contributed by atoms with Crippen molar-refractivity contribution in [3.63, 3.8) is 0 Å². The van der Waals surface area contributed by atoms with E-state index in [1.165, 1.54) is 43.5 Å². The Morgan fingerprint density at radius 3 is 2.47 bits per heavy atom. The Morgan fingerprint density at radius 2 is 1.76 bits per heavy atom. The number of aromatic nitrogens is 2. The van der Waals surface area contributed by atoms with Gasteiger partial charge in [-0.15, -0.1) is 21.5 Å². The molecule has 1 unspecified atom stereocenters. The monoisotopic (exact) mass is 318 g/mol. The van der Waals surface area contributed by atoms with Crippen LogP contribution in [0.2, 0.25) is 0 Å². The molecule has 0 radical (unpaired) electrons. The number of hydrogen-bond acceptors (Lipinski definition) is 3. The van der Waals surface area contributed by atoms with E-state index in [9.17, 15) is 0 Å². The van der Waals surface area contributed by atoms with Gasteiger partial charge in [0.2, 0.25) is 0 Å². The summed E-state index contributed by atoms with van der Waals surface area (Å²) in [6.45, 7) is 4.42. The van der Waals surface area contributed by atoms with Crippen LogP contribution in [-0.2, 0) is 6.42 Å². The molecule has 1 aromatic heterocycles. The second kappa shape index (κ2) is 9.03. The summed E-state index contributed by atoms with van der Waals surface area (Å²) in [5, 5.41) is 10.8. The fraction of sp³-hybridized carbons (Fsp3) is 0.846. The maximum absolute atomic E-state index is 4.26. The van der Waals surface area contributed by atoms with Crippen molar-refractivity contribution in [2.24, 2.45) is 0 Å². The molecule has 98 valence electrons. The van der Waals surface area contributed by atoms with Gasteiger partial charge in [0.05, 0.1) is 4.83 Å². The normalized spacial score (nSPS) is 12.9. The molecule has 0 saturated carbocycles. The van der Waals surface area contributed by atoms with Gasteiger partial charge in [-0.2, -0.15) is 0 Å². The molecule has 0 spiro atoms. The molecule has 2 nitrogen and oxygen atoms in total. The first-order valence-corrected chi connectivity index (χ1v) is 8.47. The Balaban J connectivity index is 2.16. The zero-order chi connectivity index (χ0) is 12.5. The van der Waals surface area contributed by atoms with Crippen molar-refractivity contribution in [1.82, 2.24) is 10.2 Å². The van der Waals surface area contributed by atoms with Crippen LogP contribution in [0.5, 0.6) is 0 Å². The largest absolute Gasteiger partial charge is 0.144 e. The fourth-order valence-corrected chi connectivity index (χ4v) is 3.04. The zero-order valence-electron chi connectivity index (χ0n) is 10.9. The summed E-state index contributed by atoms with van der Waals surface area (Å²) < 4.78 is 0. The van der Waals surface area contributed by atoms with Crippen molar-refractivity contribution in [3.8, 4) is 0 Å². The smallest absolute Gasteiger partial charge is 0.131 e. The summed E-state index contributed by atoms with van der Waals surface area (Å²) in [6.07, 6.45) is 10.2. The standard InChI is InChI=1S/C13H23BrN2S/c1-3-5-6-7-8-9-10-12-15-16-13(17-12)11(14)4-2/h11H,3-10H2,1-2H3. The van der Waals surface area contributed by atoms with Crippen LogP contribution in [-0.4, -0.2) is 10.2 Å². The second-order valence-electron chi connectivity index (χ2n) is 4.43. The van der Waals surface area contributed by atoms with Crippen molar-refractivity contribution in [2.45, 2.75) is 70.0 Å². The van der Waals surface area contributed by atoms with Gasteiger partial charge in [0, 0.05) is 6.42 Å². The molecule has 0 amide bonds. The lowest BCUT2D eigenvalue weighted by atomic mass is 10.1. The van der Waals surface area contributed by atoms with E-state index in [0.717, 1.165) is 17.8 Å². The minimum atomic E-state index is 0.387. The van der Waals surface area contributed by atoms with Gasteiger partial charge in [0.25, 0.3) is 0 Å². The van der Waals surface area contributed by atoms with Crippen LogP contribution in [0.25, 0.3) is 0 Å². The molecule has 0 N–H and O–H groups in total. The van der Waals surface area contributed by atoms with Crippen LogP contribution in [0.4, 0.5) is 0 Å². The number of alkyl halides is 1. The van der Waals surface area contributed by atoms with Gasteiger partial charge in [-0.1, -0.05) is 61.9 Å². The predicted molar refractivity (Wildman–Crippen MR) is 78.9 cm³/mol. The van der Waals surface area contributed by atoms with Crippen molar-refractivity contribution >= 4 is 27.3 Å². The molecule has 0 aliphatic carbocycles. The average molecular weight is 319 g/mol. The molecule has 1 rings (SSSR count). The van der Waals surface area contributed by atoms with E-state index in [1.807, 2.05) is 0 Å². The number of aryl methyl sites for hydroxylation is 1. The van der Waals surface area contributed by atoms with E-state index in [2.05, 4.69) is 40.0 Å². The highest BCUT2D eigenvalue weighted by atomic mass is 79.9. The second-order valence-corrected chi connectivity index (χ2v) is 6.63. The molecule has 0 aliphatic rings. The van der Waals surface area contributed by atoms with Crippen LogP contribution in [0.3, 0.4) is 0 Å². The molecule has 1 aromatic rings. The first-order chi connectivity index (χ1) is 8.27. The van der Waals surface area contributed by atoms with E-state index in [-0.39, 0.29) is 0 Å². The van der Waals surface area contributed by atoms with Crippen LogP contribution in [0, 0.1) is 0 Å². The third kappa shape index (κ3) is 5.96. The number of nitrogens with zero attached hydrogens (tertiary/aromatic N) is 2. The Kier molecular flexibility index (Phi) is 8.02. The molecule has 0 aromatic carbocycles. The van der Waals surface area contributed by atoms with Crippen LogP contribution >= 0.6 is 27.3 Å². The Hall–Kier alpha value is 0.0400. The predicted octanol–water partition coefficient (Wildman–Crippen LogP) is 5.29. The molecule has 17 heavy (non-hydrogen) atoms. The summed E-state index contributed by atoms with van der Waals surface area (Å²) in [4.78, 5) is 0.387. The lowest BCUT2D eigenvalue weighted by molar-refractivity contribution is 0.606. The van der Waals surface area contributed by atoms with Gasteiger partial charge >= 0.3 is 0 Å². The van der Waals surface area contributed by atoms with Crippen LogP contribution in [0.15, 0.2) is 0 Å². The van der Waals surface area contributed by atoms with Crippen LogP contribution in [0.1, 0.15) is 73.6 Å². The van der Waals surface area contributed by atoms with Gasteiger partial charge in [0.15, 0.2) is 0 Å². The van der Waals surface area contributed by atoms with Gasteiger partial charge < -0.3 is 0 Å². The van der Waals surface area contributed by atoms with Crippen molar-refractivity contribution in [1.29, 1.82) is 0 Å². The summed E-state index contributed by atoms with van der Waals surface area (Å²) in [6, 6.07) is 0. The molecule has 1 atom stereocenters. The molecule has 0 saturated heterocycles. The van der Waals surface area contributed by atoms with E-state index in [0.29, 0.717) is 4.83 Å². The fourth-order valence-electron chi connectivity index (χ4n) is 1.73. The molecule has 0 bridgehead atoms. The number of unbranched alkanes of at least 4 members (excludes halogenated alkanes) is 5. The summed E-state index contributed by atoms with van der Waals surface area (Å²) in [7, 11) is 0. The number of hydrogen-bond donors (Lipinski definition) is 0. The van der Waals surface area contributed by atoms with Crippen LogP contribution < -0.4 is 0 Å². The SMILES string of the molecule is CCCCCCCCc1nnc(C(Br)CC)s1. The van der Waals surface area contributed by atoms with Gasteiger partial charge in [0.1, 0.15) is 10.0 Å². The first kappa shape index (κ1) is 15.1. The highest BCUT2D eigenvalue weighted by molar-refractivity contribution is 9.09. The van der Waals surface area contributed by atoms with E-state index >= 15 is 0 Å². The lowest BCUT2D eigenvalue weighted by Gasteiger charge is -1.99. The number of rotatable bonds is 9. The van der Waals surface area contributed by atoms with Crippen molar-refractivity contribution < 1.29 is 0 Å². The Bertz CT molecular complexity index is 301. The molecule has 0 aliphatic heterocycles. The highest BCUT2D eigenvalue weighted by Crippen LogP contribution is 2.28. The van der Waals surface area contributed by atoms with Gasteiger partial charge in [-0.05, 0) is 12.8 Å². The zero-order valence-corrected chi connectivity index (χ0v) is 13.3. The summed E-state index contributed by atoms with van der Waals surface area (Å²) in [5.74, 6) is 0.